The maximum absolute atomic E-state index is 12.0. The summed E-state index contributed by atoms with van der Waals surface area (Å²) in [6, 6.07) is 12.1. The molecular formula is C37H52O8. The minimum Gasteiger partial charge on any atom is -0.491 e. The Labute approximate surface area is 269 Å². The number of carbonyl (C=O) groups is 2. The standard InChI is InChI=1S/C37H52O8/c1-11-36(9,20-31(39)23-43-34(40)24(3)4)44-33-16-14-29(18-27(33)8)19-28-13-15-32(26(7)17-28)42-22-30(38)21-37(10,12-2)45-35(41)25(5)6/h13-18,30-31,38-39H,3,5,11-12,19-23H2,1-2,4,6-10H3/t30?,31?,36-,37?/m0/s1. The third-order valence-corrected chi connectivity index (χ3v) is 7.95. The molecule has 2 aromatic rings. The van der Waals surface area contributed by atoms with Gasteiger partial charge in [-0.2, -0.15) is 0 Å². The average molecular weight is 625 g/mol. The van der Waals surface area contributed by atoms with Gasteiger partial charge in [-0.25, -0.2) is 9.59 Å². The van der Waals surface area contributed by atoms with Gasteiger partial charge in [0.2, 0.25) is 0 Å². The molecule has 0 aromatic heterocycles. The van der Waals surface area contributed by atoms with E-state index in [9.17, 15) is 19.8 Å². The van der Waals surface area contributed by atoms with E-state index in [4.69, 9.17) is 18.9 Å². The van der Waals surface area contributed by atoms with Gasteiger partial charge in [0.05, 0.1) is 12.2 Å². The van der Waals surface area contributed by atoms with E-state index in [0.29, 0.717) is 42.6 Å². The first-order chi connectivity index (χ1) is 21.0. The molecule has 0 spiro atoms. The molecule has 2 aromatic carbocycles. The number of aryl methyl sites for hydroxylation is 2. The average Bonchev–Trinajstić information content (AvgIpc) is 2.96. The zero-order chi connectivity index (χ0) is 33.9. The summed E-state index contributed by atoms with van der Waals surface area (Å²) in [4.78, 5) is 23.7. The molecule has 8 heteroatoms. The fourth-order valence-corrected chi connectivity index (χ4v) is 4.84. The van der Waals surface area contributed by atoms with Gasteiger partial charge in [-0.05, 0) is 95.2 Å². The van der Waals surface area contributed by atoms with E-state index in [2.05, 4.69) is 25.3 Å². The highest BCUT2D eigenvalue weighted by molar-refractivity contribution is 5.87. The van der Waals surface area contributed by atoms with Crippen LogP contribution in [0.4, 0.5) is 0 Å². The van der Waals surface area contributed by atoms with Crippen LogP contribution in [0.1, 0.15) is 89.5 Å². The maximum Gasteiger partial charge on any atom is 0.333 e. The highest BCUT2D eigenvalue weighted by atomic mass is 16.6. The Balaban J connectivity index is 1.99. The number of carbonyl (C=O) groups excluding carboxylic acids is 2. The molecule has 0 aliphatic rings. The van der Waals surface area contributed by atoms with Crippen molar-refractivity contribution in [3.8, 4) is 11.5 Å². The maximum atomic E-state index is 12.0. The van der Waals surface area contributed by atoms with Crippen molar-refractivity contribution in [2.75, 3.05) is 13.2 Å². The molecule has 0 saturated heterocycles. The summed E-state index contributed by atoms with van der Waals surface area (Å²) >= 11 is 0. The molecule has 8 nitrogen and oxygen atoms in total. The molecule has 3 unspecified atom stereocenters. The Kier molecular flexibility index (Phi) is 13.9. The summed E-state index contributed by atoms with van der Waals surface area (Å²) in [7, 11) is 0. The number of benzene rings is 2. The van der Waals surface area contributed by atoms with Crippen LogP contribution >= 0.6 is 0 Å². The van der Waals surface area contributed by atoms with Crippen LogP contribution in [-0.2, 0) is 25.5 Å². The molecule has 0 saturated carbocycles. The van der Waals surface area contributed by atoms with E-state index in [-0.39, 0.29) is 19.6 Å². The van der Waals surface area contributed by atoms with E-state index in [1.165, 1.54) is 0 Å². The van der Waals surface area contributed by atoms with Crippen molar-refractivity contribution < 1.29 is 38.7 Å². The number of ether oxygens (including phenoxy) is 4. The van der Waals surface area contributed by atoms with Crippen molar-refractivity contribution in [1.29, 1.82) is 0 Å². The second-order valence-corrected chi connectivity index (χ2v) is 12.7. The summed E-state index contributed by atoms with van der Waals surface area (Å²) in [5.41, 5.74) is 3.33. The van der Waals surface area contributed by atoms with Gasteiger partial charge in [0, 0.05) is 24.0 Å². The molecule has 0 amide bonds. The van der Waals surface area contributed by atoms with E-state index >= 15 is 0 Å². The monoisotopic (exact) mass is 624 g/mol. The zero-order valence-corrected chi connectivity index (χ0v) is 28.3. The highest BCUT2D eigenvalue weighted by Crippen LogP contribution is 2.30. The lowest BCUT2D eigenvalue weighted by Gasteiger charge is -2.32. The quantitative estimate of drug-likeness (QED) is 0.139. The fourth-order valence-electron chi connectivity index (χ4n) is 4.84. The minimum absolute atomic E-state index is 0.0778. The zero-order valence-electron chi connectivity index (χ0n) is 28.3. The molecule has 0 fully saturated rings. The molecule has 0 bridgehead atoms. The minimum atomic E-state index is -0.862. The van der Waals surface area contributed by atoms with Gasteiger partial charge in [0.1, 0.15) is 35.9 Å². The molecule has 0 aliphatic carbocycles. The van der Waals surface area contributed by atoms with Crippen LogP contribution in [0.3, 0.4) is 0 Å². The van der Waals surface area contributed by atoms with Gasteiger partial charge in [-0.3, -0.25) is 0 Å². The SMILES string of the molecule is C=C(C)C(=O)OCC(O)C[C@](C)(CC)Oc1ccc(Cc2ccc(OCC(O)CC(C)(CC)OC(=O)C(=C)C)c(C)c2)cc1C. The second-order valence-electron chi connectivity index (χ2n) is 12.7. The first-order valence-electron chi connectivity index (χ1n) is 15.6. The Bertz CT molecular complexity index is 1350. The van der Waals surface area contributed by atoms with Crippen LogP contribution in [0.25, 0.3) is 0 Å². The molecule has 2 N–H and O–H groups in total. The Morgan fingerprint density at radius 2 is 1.27 bits per heavy atom. The summed E-state index contributed by atoms with van der Waals surface area (Å²) in [6.07, 6.45) is 0.808. The fraction of sp³-hybridized carbons (Fsp3) is 0.514. The third kappa shape index (κ3) is 12.0. The van der Waals surface area contributed by atoms with Gasteiger partial charge < -0.3 is 29.2 Å². The lowest BCUT2D eigenvalue weighted by Crippen LogP contribution is -2.37. The summed E-state index contributed by atoms with van der Waals surface area (Å²) in [5, 5.41) is 21.1. The van der Waals surface area contributed by atoms with Crippen LogP contribution in [-0.4, -0.2) is 58.8 Å². The molecule has 0 aliphatic heterocycles. The molecule has 0 radical (unpaired) electrons. The predicted octanol–water partition coefficient (Wildman–Crippen LogP) is 6.73. The molecule has 0 heterocycles. The van der Waals surface area contributed by atoms with Crippen molar-refractivity contribution in [1.82, 2.24) is 0 Å². The van der Waals surface area contributed by atoms with Gasteiger partial charge in [0.15, 0.2) is 0 Å². The van der Waals surface area contributed by atoms with Crippen molar-refractivity contribution in [3.05, 3.63) is 83.0 Å². The van der Waals surface area contributed by atoms with Crippen LogP contribution in [0.5, 0.6) is 11.5 Å². The summed E-state index contributed by atoms with van der Waals surface area (Å²) in [5.74, 6) is 0.434. The predicted molar refractivity (Wildman–Crippen MR) is 177 cm³/mol. The number of aliphatic hydroxyl groups is 2. The first-order valence-corrected chi connectivity index (χ1v) is 15.6. The number of hydrogen-bond donors (Lipinski definition) is 2. The number of rotatable bonds is 18. The third-order valence-electron chi connectivity index (χ3n) is 7.95. The number of esters is 2. The van der Waals surface area contributed by atoms with Gasteiger partial charge in [-0.15, -0.1) is 0 Å². The number of hydrogen-bond acceptors (Lipinski definition) is 8. The van der Waals surface area contributed by atoms with Crippen LogP contribution in [0.15, 0.2) is 60.7 Å². The van der Waals surface area contributed by atoms with Crippen LogP contribution in [0, 0.1) is 13.8 Å². The lowest BCUT2D eigenvalue weighted by atomic mass is 9.94. The molecule has 248 valence electrons. The number of aliphatic hydroxyl groups excluding tert-OH is 2. The van der Waals surface area contributed by atoms with Crippen molar-refractivity contribution >= 4 is 11.9 Å². The van der Waals surface area contributed by atoms with Crippen molar-refractivity contribution in [2.24, 2.45) is 0 Å². The van der Waals surface area contributed by atoms with E-state index in [1.54, 1.807) is 20.8 Å². The van der Waals surface area contributed by atoms with Crippen molar-refractivity contribution in [2.45, 2.75) is 111 Å². The smallest absolute Gasteiger partial charge is 0.333 e. The largest absolute Gasteiger partial charge is 0.491 e. The first kappa shape index (κ1) is 37.6. The molecule has 4 atom stereocenters. The van der Waals surface area contributed by atoms with Gasteiger partial charge in [0.25, 0.3) is 0 Å². The summed E-state index contributed by atoms with van der Waals surface area (Å²) in [6.45, 7) is 21.9. The second kappa shape index (κ2) is 16.6. The van der Waals surface area contributed by atoms with Gasteiger partial charge in [-0.1, -0.05) is 51.3 Å². The van der Waals surface area contributed by atoms with E-state index in [1.807, 2.05) is 58.9 Å². The molecule has 2 rings (SSSR count). The summed E-state index contributed by atoms with van der Waals surface area (Å²) < 4.78 is 23.0. The Hall–Kier alpha value is -3.62. The molecular weight excluding hydrogens is 572 g/mol. The van der Waals surface area contributed by atoms with Crippen molar-refractivity contribution in [3.63, 3.8) is 0 Å². The van der Waals surface area contributed by atoms with E-state index < -0.39 is 35.3 Å². The topological polar surface area (TPSA) is 112 Å². The Morgan fingerprint density at radius 3 is 1.76 bits per heavy atom. The normalized spacial score (nSPS) is 15.2. The Morgan fingerprint density at radius 1 is 0.778 bits per heavy atom. The van der Waals surface area contributed by atoms with Gasteiger partial charge >= 0.3 is 11.9 Å². The van der Waals surface area contributed by atoms with Crippen LogP contribution < -0.4 is 9.47 Å². The molecule has 45 heavy (non-hydrogen) atoms. The van der Waals surface area contributed by atoms with Crippen LogP contribution in [0.2, 0.25) is 0 Å². The highest BCUT2D eigenvalue weighted by Gasteiger charge is 2.31. The van der Waals surface area contributed by atoms with E-state index in [0.717, 1.165) is 28.0 Å². The lowest BCUT2D eigenvalue weighted by molar-refractivity contribution is -0.156.